The van der Waals surface area contributed by atoms with E-state index in [1.165, 1.54) is 4.57 Å². The van der Waals surface area contributed by atoms with E-state index in [2.05, 4.69) is 9.97 Å². The number of rotatable bonds is 7. The van der Waals surface area contributed by atoms with Gasteiger partial charge in [-0.1, -0.05) is 65.8 Å². The van der Waals surface area contributed by atoms with Crippen LogP contribution in [0.1, 0.15) is 15.9 Å². The van der Waals surface area contributed by atoms with Gasteiger partial charge in [0.1, 0.15) is 11.4 Å². The van der Waals surface area contributed by atoms with Crippen LogP contribution in [-0.4, -0.2) is 30.6 Å². The molecule has 0 spiro atoms. The zero-order chi connectivity index (χ0) is 26.8. The van der Waals surface area contributed by atoms with E-state index in [4.69, 9.17) is 17.3 Å². The van der Waals surface area contributed by atoms with Gasteiger partial charge in [0.2, 0.25) is 0 Å². The van der Waals surface area contributed by atoms with Gasteiger partial charge < -0.3 is 5.73 Å². The van der Waals surface area contributed by atoms with Gasteiger partial charge in [-0.15, -0.1) is 0 Å². The highest BCUT2D eigenvalue weighted by molar-refractivity contribution is 7.99. The van der Waals surface area contributed by atoms with Gasteiger partial charge in [0.15, 0.2) is 10.9 Å². The van der Waals surface area contributed by atoms with Gasteiger partial charge in [0.05, 0.1) is 28.9 Å². The van der Waals surface area contributed by atoms with E-state index in [-0.39, 0.29) is 34.4 Å². The summed E-state index contributed by atoms with van der Waals surface area (Å²) in [6.45, 7) is 0.0814. The molecule has 9 nitrogen and oxygen atoms in total. The summed E-state index contributed by atoms with van der Waals surface area (Å²) in [4.78, 5) is 58.5. The van der Waals surface area contributed by atoms with Gasteiger partial charge in [-0.25, -0.2) is 9.78 Å². The Hall–Kier alpha value is -4.41. The van der Waals surface area contributed by atoms with Crippen molar-refractivity contribution in [2.45, 2.75) is 11.7 Å². The molecule has 5 rings (SSSR count). The summed E-state index contributed by atoms with van der Waals surface area (Å²) in [5.41, 5.74) is 5.69. The number of aromatic nitrogens is 4. The second-order valence-corrected chi connectivity index (χ2v) is 9.71. The van der Waals surface area contributed by atoms with Crippen LogP contribution >= 0.6 is 23.4 Å². The number of halogens is 1. The van der Waals surface area contributed by atoms with Gasteiger partial charge in [0, 0.05) is 5.02 Å². The lowest BCUT2D eigenvalue weighted by Crippen LogP contribution is -2.36. The number of thioether (sulfide) groups is 1. The summed E-state index contributed by atoms with van der Waals surface area (Å²) in [5.74, 6) is -1.09. The molecule has 0 fully saturated rings. The summed E-state index contributed by atoms with van der Waals surface area (Å²) < 4.78 is 2.53. The lowest BCUT2D eigenvalue weighted by Gasteiger charge is -2.14. The number of hydrogen-bond acceptors (Lipinski definition) is 7. The molecule has 3 N–H and O–H groups in total. The topological polar surface area (TPSA) is 133 Å². The predicted octanol–water partition coefficient (Wildman–Crippen LogP) is 3.49. The maximum absolute atomic E-state index is 13.4. The average molecular weight is 546 g/mol. The lowest BCUT2D eigenvalue weighted by molar-refractivity contribution is 0.102. The summed E-state index contributed by atoms with van der Waals surface area (Å²) in [5, 5.41) is 1.16. The molecule has 0 bridgehead atoms. The Balaban J connectivity index is 1.52. The van der Waals surface area contributed by atoms with E-state index < -0.39 is 17.0 Å². The summed E-state index contributed by atoms with van der Waals surface area (Å²) in [6, 6.07) is 22.6. The number of hydrogen-bond donors (Lipinski definition) is 2. The second-order valence-electron chi connectivity index (χ2n) is 8.33. The van der Waals surface area contributed by atoms with Crippen molar-refractivity contribution in [1.82, 2.24) is 19.1 Å². The standard InChI is InChI=1S/C27H20ClN5O4S/c28-17-10-12-18(13-11-17)33-25(36)19-8-4-5-9-20(19)30-27(33)38-15-21(34)22-23(29)32(26(37)31-24(22)35)14-16-6-2-1-3-7-16/h1-13H,14-15,29H2,(H,31,35,37). The minimum atomic E-state index is -0.871. The summed E-state index contributed by atoms with van der Waals surface area (Å²) in [7, 11) is 0. The Morgan fingerprint density at radius 1 is 0.947 bits per heavy atom. The first kappa shape index (κ1) is 25.2. The van der Waals surface area contributed by atoms with Crippen molar-refractivity contribution in [2.75, 3.05) is 11.5 Å². The molecule has 190 valence electrons. The maximum atomic E-state index is 13.4. The third-order valence-corrected chi connectivity index (χ3v) is 7.05. The molecule has 0 aliphatic carbocycles. The van der Waals surface area contributed by atoms with Gasteiger partial charge in [-0.3, -0.25) is 28.5 Å². The Morgan fingerprint density at radius 2 is 1.63 bits per heavy atom. The van der Waals surface area contributed by atoms with Crippen LogP contribution in [0.5, 0.6) is 0 Å². The number of aromatic amines is 1. The molecule has 0 saturated heterocycles. The molecule has 11 heteroatoms. The van der Waals surface area contributed by atoms with Crippen molar-refractivity contribution >= 4 is 45.9 Å². The molecule has 0 aliphatic heterocycles. The van der Waals surface area contributed by atoms with Crippen LogP contribution in [-0.2, 0) is 6.54 Å². The number of nitrogens with two attached hydrogens (primary N) is 1. The van der Waals surface area contributed by atoms with Crippen LogP contribution in [0.25, 0.3) is 16.6 Å². The summed E-state index contributed by atoms with van der Waals surface area (Å²) in [6.07, 6.45) is 0. The number of benzene rings is 3. The number of nitrogens with zero attached hydrogens (tertiary/aromatic N) is 3. The zero-order valence-electron chi connectivity index (χ0n) is 19.8. The van der Waals surface area contributed by atoms with Gasteiger partial charge in [-0.2, -0.15) is 0 Å². The largest absolute Gasteiger partial charge is 0.384 e. The highest BCUT2D eigenvalue weighted by atomic mass is 35.5. The number of anilines is 1. The van der Waals surface area contributed by atoms with Crippen molar-refractivity contribution in [2.24, 2.45) is 0 Å². The zero-order valence-corrected chi connectivity index (χ0v) is 21.3. The number of H-pyrrole nitrogens is 1. The minimum absolute atomic E-state index is 0.0814. The Labute approximate surface area is 224 Å². The van der Waals surface area contributed by atoms with Gasteiger partial charge in [-0.05, 0) is 42.0 Å². The SMILES string of the molecule is Nc1c(C(=O)CSc2nc3ccccc3c(=O)n2-c2ccc(Cl)cc2)c(=O)[nH]c(=O)n1Cc1ccccc1. The normalized spacial score (nSPS) is 11.1. The van der Waals surface area contributed by atoms with Crippen molar-refractivity contribution < 1.29 is 4.79 Å². The van der Waals surface area contributed by atoms with E-state index in [9.17, 15) is 19.2 Å². The minimum Gasteiger partial charge on any atom is -0.384 e. The average Bonchev–Trinajstić information content (AvgIpc) is 2.91. The Bertz CT molecular complexity index is 1850. The fourth-order valence-electron chi connectivity index (χ4n) is 4.01. The molecule has 38 heavy (non-hydrogen) atoms. The van der Waals surface area contributed by atoms with Crippen LogP contribution in [0.15, 0.2) is 98.4 Å². The molecule has 2 heterocycles. The van der Waals surface area contributed by atoms with Gasteiger partial charge in [0.25, 0.3) is 11.1 Å². The van der Waals surface area contributed by atoms with Crippen LogP contribution < -0.4 is 22.5 Å². The Kier molecular flexibility index (Phi) is 6.99. The molecular formula is C27H20ClN5O4S. The number of ketones is 1. The second kappa shape index (κ2) is 10.5. The van der Waals surface area contributed by atoms with Gasteiger partial charge >= 0.3 is 5.69 Å². The number of nitrogens with one attached hydrogen (secondary N) is 1. The van der Waals surface area contributed by atoms with Crippen molar-refractivity contribution in [3.05, 3.63) is 126 Å². The van der Waals surface area contributed by atoms with Crippen molar-refractivity contribution in [3.63, 3.8) is 0 Å². The van der Waals surface area contributed by atoms with Crippen LogP contribution in [0, 0.1) is 0 Å². The highest BCUT2D eigenvalue weighted by Crippen LogP contribution is 2.23. The van der Waals surface area contributed by atoms with Crippen LogP contribution in [0.4, 0.5) is 5.82 Å². The number of fused-ring (bicyclic) bond motifs is 1. The monoisotopic (exact) mass is 545 g/mol. The number of carbonyl (C=O) groups excluding carboxylic acids is 1. The summed E-state index contributed by atoms with van der Waals surface area (Å²) >= 11 is 7.01. The van der Waals surface area contributed by atoms with E-state index in [1.54, 1.807) is 60.7 Å². The molecule has 5 aromatic rings. The first-order valence-corrected chi connectivity index (χ1v) is 12.8. The molecule has 2 aromatic heterocycles. The smallest absolute Gasteiger partial charge is 0.330 e. The fourth-order valence-corrected chi connectivity index (χ4v) is 5.02. The quantitative estimate of drug-likeness (QED) is 0.182. The van der Waals surface area contributed by atoms with Crippen molar-refractivity contribution in [3.8, 4) is 5.69 Å². The molecule has 0 saturated carbocycles. The third kappa shape index (κ3) is 4.91. The first-order chi connectivity index (χ1) is 18.3. The first-order valence-electron chi connectivity index (χ1n) is 11.4. The fraction of sp³-hybridized carbons (Fsp3) is 0.0741. The predicted molar refractivity (Wildman–Crippen MR) is 149 cm³/mol. The molecular weight excluding hydrogens is 526 g/mol. The van der Waals surface area contributed by atoms with Crippen molar-refractivity contribution in [1.29, 1.82) is 0 Å². The number of nitrogen functional groups attached to an aromatic ring is 1. The molecule has 0 aliphatic rings. The van der Waals surface area contributed by atoms with E-state index >= 15 is 0 Å². The molecule has 0 radical (unpaired) electrons. The number of Topliss-reactive ketones (excluding diaryl/α,β-unsaturated/α-hetero) is 1. The third-order valence-electron chi connectivity index (χ3n) is 5.86. The van der Waals surface area contributed by atoms with Crippen LogP contribution in [0.3, 0.4) is 0 Å². The van der Waals surface area contributed by atoms with Crippen LogP contribution in [0.2, 0.25) is 5.02 Å². The maximum Gasteiger partial charge on any atom is 0.330 e. The lowest BCUT2D eigenvalue weighted by atomic mass is 10.2. The molecule has 0 atom stereocenters. The molecule has 0 amide bonds. The molecule has 3 aromatic carbocycles. The van der Waals surface area contributed by atoms with E-state index in [0.717, 1.165) is 21.9 Å². The van der Waals surface area contributed by atoms with E-state index in [0.29, 0.717) is 21.6 Å². The number of carbonyl (C=O) groups is 1. The Morgan fingerprint density at radius 3 is 2.37 bits per heavy atom. The number of para-hydroxylation sites is 1. The molecule has 0 unspecified atom stereocenters. The highest BCUT2D eigenvalue weighted by Gasteiger charge is 2.21. The van der Waals surface area contributed by atoms with E-state index in [1.807, 2.05) is 18.2 Å².